The fourth-order valence-electron chi connectivity index (χ4n) is 0.567. The van der Waals surface area contributed by atoms with Crippen molar-refractivity contribution >= 4 is 31.9 Å². The SMILES string of the molecule is COC(=O)C(Br)CNS(=O)(=O)C(C)C. The molecule has 5 nitrogen and oxygen atoms in total. The van der Waals surface area contributed by atoms with E-state index in [4.69, 9.17) is 0 Å². The molecule has 0 aliphatic heterocycles. The molecule has 7 heteroatoms. The van der Waals surface area contributed by atoms with E-state index in [0.717, 1.165) is 0 Å². The van der Waals surface area contributed by atoms with E-state index in [-0.39, 0.29) is 6.54 Å². The lowest BCUT2D eigenvalue weighted by molar-refractivity contribution is -0.139. The number of hydrogen-bond acceptors (Lipinski definition) is 4. The normalized spacial score (nSPS) is 14.1. The summed E-state index contributed by atoms with van der Waals surface area (Å²) in [7, 11) is -2.08. The molecule has 0 aliphatic rings. The van der Waals surface area contributed by atoms with Crippen LogP contribution in [-0.2, 0) is 19.6 Å². The molecule has 1 atom stereocenters. The first kappa shape index (κ1) is 13.9. The third kappa shape index (κ3) is 4.39. The minimum atomic E-state index is -3.32. The number of ether oxygens (including phenoxy) is 1. The van der Waals surface area contributed by atoms with Crippen LogP contribution in [0.3, 0.4) is 0 Å². The predicted molar refractivity (Wildman–Crippen MR) is 56.8 cm³/mol. The second-order valence-electron chi connectivity index (χ2n) is 2.93. The summed E-state index contributed by atoms with van der Waals surface area (Å²) in [5, 5.41) is -0.514. The summed E-state index contributed by atoms with van der Waals surface area (Å²) in [6.07, 6.45) is 0. The summed E-state index contributed by atoms with van der Waals surface area (Å²) in [4.78, 5) is 10.2. The van der Waals surface area contributed by atoms with Crippen molar-refractivity contribution < 1.29 is 17.9 Å². The van der Waals surface area contributed by atoms with E-state index in [1.54, 1.807) is 13.8 Å². The quantitative estimate of drug-likeness (QED) is 0.581. The summed E-state index contributed by atoms with van der Waals surface area (Å²) >= 11 is 3.00. The standard InChI is InChI=1S/C7H14BrNO4S/c1-5(2)14(11,12)9-4-6(8)7(10)13-3/h5-6,9H,4H2,1-3H3. The number of carbonyl (C=O) groups excluding carboxylic acids is 1. The lowest BCUT2D eigenvalue weighted by Crippen LogP contribution is -2.37. The molecule has 0 spiro atoms. The minimum absolute atomic E-state index is 0.00676. The van der Waals surface area contributed by atoms with Gasteiger partial charge in [-0.1, -0.05) is 15.9 Å². The predicted octanol–water partition coefficient (Wildman–Crippen LogP) is 0.251. The largest absolute Gasteiger partial charge is 0.468 e. The van der Waals surface area contributed by atoms with E-state index in [1.165, 1.54) is 7.11 Å². The number of sulfonamides is 1. The van der Waals surface area contributed by atoms with Crippen LogP contribution in [0.15, 0.2) is 0 Å². The molecule has 0 aromatic rings. The van der Waals surface area contributed by atoms with Crippen LogP contribution in [0.5, 0.6) is 0 Å². The van der Waals surface area contributed by atoms with Gasteiger partial charge in [-0.2, -0.15) is 0 Å². The van der Waals surface area contributed by atoms with Crippen molar-refractivity contribution in [2.75, 3.05) is 13.7 Å². The highest BCUT2D eigenvalue weighted by atomic mass is 79.9. The van der Waals surface area contributed by atoms with E-state index in [9.17, 15) is 13.2 Å². The zero-order chi connectivity index (χ0) is 11.4. The van der Waals surface area contributed by atoms with Gasteiger partial charge in [-0.05, 0) is 13.8 Å². The highest BCUT2D eigenvalue weighted by molar-refractivity contribution is 9.10. The number of carbonyl (C=O) groups is 1. The molecule has 1 N–H and O–H groups in total. The Labute approximate surface area is 92.4 Å². The molecule has 0 heterocycles. The van der Waals surface area contributed by atoms with Crippen LogP contribution in [0.2, 0.25) is 0 Å². The zero-order valence-corrected chi connectivity index (χ0v) is 10.7. The lowest BCUT2D eigenvalue weighted by atomic mass is 10.4. The van der Waals surface area contributed by atoms with Gasteiger partial charge in [-0.25, -0.2) is 13.1 Å². The van der Waals surface area contributed by atoms with Gasteiger partial charge in [-0.15, -0.1) is 0 Å². The van der Waals surface area contributed by atoms with Crippen molar-refractivity contribution in [3.8, 4) is 0 Å². The molecule has 0 aliphatic carbocycles. The number of hydrogen-bond donors (Lipinski definition) is 1. The maximum Gasteiger partial charge on any atom is 0.320 e. The van der Waals surface area contributed by atoms with Gasteiger partial charge in [-0.3, -0.25) is 4.79 Å². The second kappa shape index (κ2) is 5.67. The van der Waals surface area contributed by atoms with Crippen LogP contribution in [0.25, 0.3) is 0 Å². The fourth-order valence-corrected chi connectivity index (χ4v) is 1.86. The first-order chi connectivity index (χ1) is 6.31. The molecule has 84 valence electrons. The molecule has 0 rings (SSSR count). The van der Waals surface area contributed by atoms with E-state index in [1.807, 2.05) is 0 Å². The molecule has 0 radical (unpaired) electrons. The molecule has 0 aromatic carbocycles. The number of methoxy groups -OCH3 is 1. The molecule has 0 amide bonds. The zero-order valence-electron chi connectivity index (χ0n) is 8.28. The summed E-state index contributed by atoms with van der Waals surface area (Å²) in [6.45, 7) is 3.11. The van der Waals surface area contributed by atoms with Gasteiger partial charge >= 0.3 is 5.97 Å². The Bertz CT molecular complexity index is 288. The molecular weight excluding hydrogens is 274 g/mol. The van der Waals surface area contributed by atoms with Gasteiger partial charge in [0.25, 0.3) is 0 Å². The average molecular weight is 288 g/mol. The lowest BCUT2D eigenvalue weighted by Gasteiger charge is -2.11. The van der Waals surface area contributed by atoms with Crippen molar-refractivity contribution in [3.05, 3.63) is 0 Å². The monoisotopic (exact) mass is 287 g/mol. The summed E-state index contributed by atoms with van der Waals surface area (Å²) in [6, 6.07) is 0. The summed E-state index contributed by atoms with van der Waals surface area (Å²) < 4.78 is 29.2. The van der Waals surface area contributed by atoms with Gasteiger partial charge in [0.1, 0.15) is 4.83 Å². The number of esters is 1. The van der Waals surface area contributed by atoms with E-state index in [0.29, 0.717) is 0 Å². The third-order valence-electron chi connectivity index (χ3n) is 1.54. The Morgan fingerprint density at radius 3 is 2.36 bits per heavy atom. The Kier molecular flexibility index (Phi) is 5.61. The molecule has 0 saturated carbocycles. The van der Waals surface area contributed by atoms with Gasteiger partial charge in [0.15, 0.2) is 0 Å². The highest BCUT2D eigenvalue weighted by Gasteiger charge is 2.20. The van der Waals surface area contributed by atoms with Gasteiger partial charge < -0.3 is 4.74 Å². The van der Waals surface area contributed by atoms with Crippen molar-refractivity contribution in [3.63, 3.8) is 0 Å². The molecule has 14 heavy (non-hydrogen) atoms. The third-order valence-corrected chi connectivity index (χ3v) is 4.05. The molecule has 0 bridgehead atoms. The first-order valence-electron chi connectivity index (χ1n) is 4.01. The maximum atomic E-state index is 11.3. The molecular formula is C7H14BrNO4S. The molecule has 0 aromatic heterocycles. The van der Waals surface area contributed by atoms with Crippen LogP contribution in [0, 0.1) is 0 Å². The Morgan fingerprint density at radius 1 is 1.50 bits per heavy atom. The van der Waals surface area contributed by atoms with Crippen molar-refractivity contribution in [1.29, 1.82) is 0 Å². The summed E-state index contributed by atoms with van der Waals surface area (Å²) in [5.74, 6) is -0.503. The number of alkyl halides is 1. The van der Waals surface area contributed by atoms with Crippen LogP contribution in [0.4, 0.5) is 0 Å². The van der Waals surface area contributed by atoms with Gasteiger partial charge in [0.2, 0.25) is 10.0 Å². The van der Waals surface area contributed by atoms with Gasteiger partial charge in [0, 0.05) is 6.54 Å². The van der Waals surface area contributed by atoms with Crippen molar-refractivity contribution in [1.82, 2.24) is 4.72 Å². The number of halogens is 1. The first-order valence-corrected chi connectivity index (χ1v) is 6.48. The summed E-state index contributed by atoms with van der Waals surface area (Å²) in [5.41, 5.74) is 0. The molecule has 0 fully saturated rings. The van der Waals surface area contributed by atoms with Crippen LogP contribution in [-0.4, -0.2) is 38.1 Å². The minimum Gasteiger partial charge on any atom is -0.468 e. The highest BCUT2D eigenvalue weighted by Crippen LogP contribution is 2.02. The Hall–Kier alpha value is -0.140. The van der Waals surface area contributed by atoms with Crippen LogP contribution < -0.4 is 4.72 Å². The van der Waals surface area contributed by atoms with E-state index < -0.39 is 26.1 Å². The van der Waals surface area contributed by atoms with E-state index in [2.05, 4.69) is 25.4 Å². The number of rotatable bonds is 5. The van der Waals surface area contributed by atoms with Crippen LogP contribution >= 0.6 is 15.9 Å². The van der Waals surface area contributed by atoms with Gasteiger partial charge in [0.05, 0.1) is 12.4 Å². The Balaban J connectivity index is 4.14. The van der Waals surface area contributed by atoms with Crippen LogP contribution in [0.1, 0.15) is 13.8 Å². The number of nitrogens with one attached hydrogen (secondary N) is 1. The smallest absolute Gasteiger partial charge is 0.320 e. The maximum absolute atomic E-state index is 11.3. The topological polar surface area (TPSA) is 72.5 Å². The molecule has 0 saturated heterocycles. The van der Waals surface area contributed by atoms with E-state index >= 15 is 0 Å². The second-order valence-corrected chi connectivity index (χ2v) is 6.36. The average Bonchev–Trinajstić information content (AvgIpc) is 2.12. The fraction of sp³-hybridized carbons (Fsp3) is 0.857. The van der Waals surface area contributed by atoms with Crippen molar-refractivity contribution in [2.45, 2.75) is 23.9 Å². The molecule has 1 unspecified atom stereocenters. The van der Waals surface area contributed by atoms with Crippen molar-refractivity contribution in [2.24, 2.45) is 0 Å². The Morgan fingerprint density at radius 2 is 2.00 bits per heavy atom.